The molecule has 53 heavy (non-hydrogen) atoms. The number of hydrogen-bond donors (Lipinski definition) is 2. The van der Waals surface area contributed by atoms with Crippen molar-refractivity contribution in [1.82, 2.24) is 24.3 Å². The molecule has 0 saturated heterocycles. The first kappa shape index (κ1) is 38.0. The lowest BCUT2D eigenvalue weighted by Crippen LogP contribution is -2.46. The number of anilines is 1. The van der Waals surface area contributed by atoms with Crippen molar-refractivity contribution in [2.75, 3.05) is 37.7 Å². The van der Waals surface area contributed by atoms with Gasteiger partial charge in [0.25, 0.3) is 27.7 Å². The van der Waals surface area contributed by atoms with E-state index in [0.717, 1.165) is 48.3 Å². The molecule has 280 valence electrons. The first-order valence-electron chi connectivity index (χ1n) is 18.0. The highest BCUT2D eigenvalue weighted by Gasteiger charge is 2.34. The van der Waals surface area contributed by atoms with E-state index in [4.69, 9.17) is 11.6 Å². The van der Waals surface area contributed by atoms with Crippen molar-refractivity contribution in [3.05, 3.63) is 105 Å². The molecule has 4 aromatic rings. The van der Waals surface area contributed by atoms with Crippen LogP contribution in [0.25, 0.3) is 5.69 Å². The van der Waals surface area contributed by atoms with Crippen molar-refractivity contribution in [3.8, 4) is 5.69 Å². The lowest BCUT2D eigenvalue weighted by Gasteiger charge is -2.36. The molecule has 6 rings (SSSR count). The number of nitrogens with zero attached hydrogens (tertiary/aromatic N) is 5. The van der Waals surface area contributed by atoms with Gasteiger partial charge >= 0.3 is 0 Å². The van der Waals surface area contributed by atoms with E-state index < -0.39 is 27.9 Å². The summed E-state index contributed by atoms with van der Waals surface area (Å²) in [6, 6.07) is 16.2. The summed E-state index contributed by atoms with van der Waals surface area (Å²) in [5, 5.41) is 15.2. The van der Waals surface area contributed by atoms with Gasteiger partial charge in [0.15, 0.2) is 5.69 Å². The van der Waals surface area contributed by atoms with Crippen LogP contribution in [0.1, 0.15) is 87.2 Å². The fourth-order valence-electron chi connectivity index (χ4n) is 7.22. The van der Waals surface area contributed by atoms with Crippen LogP contribution < -0.4 is 9.62 Å². The van der Waals surface area contributed by atoms with Gasteiger partial charge in [0.05, 0.1) is 39.5 Å². The molecular formula is C39H45ClN6O6S. The third-order valence-corrected chi connectivity index (χ3v) is 11.8. The quantitative estimate of drug-likeness (QED) is 0.202. The number of rotatable bonds is 12. The molecule has 3 heterocycles. The second-order valence-electron chi connectivity index (χ2n) is 13.5. The van der Waals surface area contributed by atoms with E-state index in [2.05, 4.69) is 14.7 Å². The number of carbonyl (C=O) groups is 3. The SMILES string of the molecule is CCCN(CCC)C(=O)c1nn(-c2ccc(C(=O)NS(=O)(=O)c3ccc4c(c3)CCN4CC)cc2C(=O)N2Cc3ccccc3C[C@H]2CO)c(C)c1Cl. The van der Waals surface area contributed by atoms with Crippen LogP contribution in [0.2, 0.25) is 5.02 Å². The average Bonchev–Trinajstić information content (AvgIpc) is 3.72. The Kier molecular flexibility index (Phi) is 11.3. The van der Waals surface area contributed by atoms with Gasteiger partial charge < -0.3 is 19.8 Å². The maximum Gasteiger partial charge on any atom is 0.275 e. The highest BCUT2D eigenvalue weighted by Crippen LogP contribution is 2.32. The highest BCUT2D eigenvalue weighted by atomic mass is 35.5. The number of aliphatic hydroxyl groups is 1. The maximum atomic E-state index is 14.6. The van der Waals surface area contributed by atoms with E-state index in [9.17, 15) is 27.9 Å². The van der Waals surface area contributed by atoms with Crippen LogP contribution in [0.15, 0.2) is 65.6 Å². The summed E-state index contributed by atoms with van der Waals surface area (Å²) in [5.74, 6) is -1.77. The molecule has 0 spiro atoms. The molecule has 0 radical (unpaired) electrons. The minimum absolute atomic E-state index is 0.0188. The van der Waals surface area contributed by atoms with Crippen molar-refractivity contribution in [3.63, 3.8) is 0 Å². The normalized spacial score (nSPS) is 15.2. The Morgan fingerprint density at radius 1 is 0.962 bits per heavy atom. The van der Waals surface area contributed by atoms with E-state index in [1.54, 1.807) is 28.9 Å². The molecule has 1 atom stereocenters. The predicted octanol–water partition coefficient (Wildman–Crippen LogP) is 5.16. The van der Waals surface area contributed by atoms with Gasteiger partial charge in [-0.2, -0.15) is 5.10 Å². The van der Waals surface area contributed by atoms with Gasteiger partial charge in [0.2, 0.25) is 0 Å². The number of aliphatic hydroxyl groups excluding tert-OH is 1. The fourth-order valence-corrected chi connectivity index (χ4v) is 8.44. The Labute approximate surface area is 315 Å². The van der Waals surface area contributed by atoms with Gasteiger partial charge in [-0.3, -0.25) is 14.4 Å². The van der Waals surface area contributed by atoms with Gasteiger partial charge in [-0.15, -0.1) is 0 Å². The Bertz CT molecular complexity index is 2160. The summed E-state index contributed by atoms with van der Waals surface area (Å²) in [4.78, 5) is 47.3. The van der Waals surface area contributed by atoms with Crippen molar-refractivity contribution in [1.29, 1.82) is 0 Å². The second kappa shape index (κ2) is 15.7. The van der Waals surface area contributed by atoms with Crippen LogP contribution in [0, 0.1) is 6.92 Å². The lowest BCUT2D eigenvalue weighted by atomic mass is 9.93. The zero-order chi connectivity index (χ0) is 38.0. The zero-order valence-corrected chi connectivity index (χ0v) is 32.0. The van der Waals surface area contributed by atoms with Crippen LogP contribution in [-0.2, 0) is 29.4 Å². The first-order chi connectivity index (χ1) is 25.4. The molecule has 0 aliphatic carbocycles. The summed E-state index contributed by atoms with van der Waals surface area (Å²) in [7, 11) is -4.28. The van der Waals surface area contributed by atoms with Gasteiger partial charge in [-0.25, -0.2) is 17.8 Å². The van der Waals surface area contributed by atoms with Crippen LogP contribution in [0.5, 0.6) is 0 Å². The maximum absolute atomic E-state index is 14.6. The third-order valence-electron chi connectivity index (χ3n) is 10.0. The fraction of sp³-hybridized carbons (Fsp3) is 0.385. The molecular weight excluding hydrogens is 716 g/mol. The molecule has 14 heteroatoms. The summed E-state index contributed by atoms with van der Waals surface area (Å²) in [5.41, 5.74) is 4.41. The minimum Gasteiger partial charge on any atom is -0.394 e. The molecule has 2 aliphatic rings. The summed E-state index contributed by atoms with van der Waals surface area (Å²) in [6.07, 6.45) is 2.60. The molecule has 3 amide bonds. The van der Waals surface area contributed by atoms with Crippen molar-refractivity contribution in [2.24, 2.45) is 0 Å². The molecule has 3 aromatic carbocycles. The zero-order valence-electron chi connectivity index (χ0n) is 30.4. The predicted molar refractivity (Wildman–Crippen MR) is 203 cm³/mol. The van der Waals surface area contributed by atoms with E-state index in [-0.39, 0.29) is 51.5 Å². The Balaban J connectivity index is 1.40. The summed E-state index contributed by atoms with van der Waals surface area (Å²) >= 11 is 6.76. The monoisotopic (exact) mass is 760 g/mol. The Hall–Kier alpha value is -4.72. The van der Waals surface area contributed by atoms with Crippen molar-refractivity contribution in [2.45, 2.75) is 70.9 Å². The topological polar surface area (TPSA) is 145 Å². The highest BCUT2D eigenvalue weighted by molar-refractivity contribution is 7.90. The number of aromatic nitrogens is 2. The first-order valence-corrected chi connectivity index (χ1v) is 19.9. The van der Waals surface area contributed by atoms with Gasteiger partial charge in [-0.1, -0.05) is 49.7 Å². The number of benzene rings is 3. The van der Waals surface area contributed by atoms with Crippen LogP contribution in [-0.4, -0.2) is 89.7 Å². The summed E-state index contributed by atoms with van der Waals surface area (Å²) in [6.45, 7) is 10.2. The Morgan fingerprint density at radius 2 is 1.66 bits per heavy atom. The number of sulfonamides is 1. The number of halogens is 1. The van der Waals surface area contributed by atoms with Gasteiger partial charge in [-0.05, 0) is 92.6 Å². The lowest BCUT2D eigenvalue weighted by molar-refractivity contribution is 0.0544. The van der Waals surface area contributed by atoms with Crippen LogP contribution in [0.4, 0.5) is 5.69 Å². The Morgan fingerprint density at radius 3 is 2.34 bits per heavy atom. The van der Waals surface area contributed by atoms with E-state index >= 15 is 0 Å². The number of hydrogen-bond acceptors (Lipinski definition) is 8. The molecule has 0 bridgehead atoms. The number of fused-ring (bicyclic) bond motifs is 2. The van der Waals surface area contributed by atoms with E-state index in [1.165, 1.54) is 28.9 Å². The number of nitrogens with one attached hydrogen (secondary N) is 1. The molecule has 0 unspecified atom stereocenters. The summed E-state index contributed by atoms with van der Waals surface area (Å²) < 4.78 is 30.6. The standard InChI is InChI=1S/C39H45ClN6O6S/c1-5-17-44(18-6-2)39(50)36-35(40)25(4)46(41-36)34-14-12-28(22-32(34)38(49)45-23-29-11-9-8-10-26(29)20-30(45)24-47)37(48)42-53(51,52)31-13-15-33-27(21-31)16-19-43(33)7-3/h8-15,21-22,30,47H,5-7,16-20,23-24H2,1-4H3,(H,42,48)/t30-/m0/s1. The molecule has 0 saturated carbocycles. The number of carbonyl (C=O) groups excluding carboxylic acids is 3. The van der Waals surface area contributed by atoms with Crippen molar-refractivity contribution >= 4 is 45.0 Å². The number of likely N-dealkylation sites (N-methyl/N-ethyl adjacent to an activating group) is 1. The number of amides is 3. The molecule has 1 aromatic heterocycles. The molecule has 2 N–H and O–H groups in total. The third kappa shape index (κ3) is 7.42. The minimum atomic E-state index is -4.28. The van der Waals surface area contributed by atoms with Crippen molar-refractivity contribution < 1.29 is 27.9 Å². The molecule has 2 aliphatic heterocycles. The largest absolute Gasteiger partial charge is 0.394 e. The second-order valence-corrected chi connectivity index (χ2v) is 15.5. The van der Waals surface area contributed by atoms with Gasteiger partial charge in [0, 0.05) is 44.0 Å². The van der Waals surface area contributed by atoms with Crippen LogP contribution >= 0.6 is 11.6 Å². The van der Waals surface area contributed by atoms with E-state index in [0.29, 0.717) is 31.6 Å². The van der Waals surface area contributed by atoms with E-state index in [1.807, 2.05) is 45.0 Å². The van der Waals surface area contributed by atoms with Crippen LogP contribution in [0.3, 0.4) is 0 Å². The smallest absolute Gasteiger partial charge is 0.275 e. The molecule has 0 fully saturated rings. The average molecular weight is 761 g/mol. The van der Waals surface area contributed by atoms with Gasteiger partial charge in [0.1, 0.15) is 0 Å². The molecule has 12 nitrogen and oxygen atoms in total.